The number of carboxylic acids is 1. The molecule has 2 heterocycles. The number of hydrogen-bond acceptors (Lipinski definition) is 6. The Labute approximate surface area is 204 Å². The SMILES string of the molecule is CC1(C)CCCC(N[C@@H](CC(=O)O)C(=O)C2(CCOC3CCN(C(=N)N)CC3)CCCCN2)C1. The summed E-state index contributed by atoms with van der Waals surface area (Å²) in [5, 5.41) is 24.1. The maximum absolute atomic E-state index is 13.9. The van der Waals surface area contributed by atoms with E-state index in [2.05, 4.69) is 24.5 Å². The quantitative estimate of drug-likeness (QED) is 0.237. The Morgan fingerprint density at radius 2 is 1.94 bits per heavy atom. The Kier molecular flexibility index (Phi) is 9.34. The molecule has 0 aromatic heterocycles. The molecular formula is C25H45N5O4. The van der Waals surface area contributed by atoms with Crippen molar-refractivity contribution in [2.75, 3.05) is 26.2 Å². The van der Waals surface area contributed by atoms with Crippen molar-refractivity contribution >= 4 is 17.7 Å². The molecule has 34 heavy (non-hydrogen) atoms. The highest BCUT2D eigenvalue weighted by Gasteiger charge is 2.44. The molecule has 3 rings (SSSR count). The topological polar surface area (TPSA) is 141 Å². The average molecular weight is 480 g/mol. The van der Waals surface area contributed by atoms with E-state index in [1.165, 1.54) is 0 Å². The van der Waals surface area contributed by atoms with Crippen LogP contribution in [-0.2, 0) is 14.3 Å². The molecule has 2 unspecified atom stereocenters. The van der Waals surface area contributed by atoms with Crippen LogP contribution in [0.25, 0.3) is 0 Å². The molecule has 0 bridgehead atoms. The van der Waals surface area contributed by atoms with Crippen LogP contribution in [-0.4, -0.2) is 77.7 Å². The lowest BCUT2D eigenvalue weighted by Gasteiger charge is -2.42. The van der Waals surface area contributed by atoms with Crippen molar-refractivity contribution < 1.29 is 19.4 Å². The van der Waals surface area contributed by atoms with Gasteiger partial charge in [-0.1, -0.05) is 20.3 Å². The number of Topliss-reactive ketones (excluding diaryl/α,β-unsaturated/α-hetero) is 1. The molecule has 3 atom stereocenters. The maximum Gasteiger partial charge on any atom is 0.305 e. The van der Waals surface area contributed by atoms with Gasteiger partial charge in [-0.15, -0.1) is 0 Å². The Hall–Kier alpha value is -1.71. The Bertz CT molecular complexity index is 714. The number of aliphatic carboxylic acids is 1. The molecule has 0 radical (unpaired) electrons. The minimum Gasteiger partial charge on any atom is -0.481 e. The number of hydrogen-bond donors (Lipinski definition) is 5. The normalized spacial score (nSPS) is 28.9. The van der Waals surface area contributed by atoms with E-state index in [1.54, 1.807) is 0 Å². The van der Waals surface area contributed by atoms with E-state index in [-0.39, 0.29) is 35.7 Å². The fourth-order valence-electron chi connectivity index (χ4n) is 6.04. The largest absolute Gasteiger partial charge is 0.481 e. The van der Waals surface area contributed by atoms with Gasteiger partial charge in [0.15, 0.2) is 11.7 Å². The zero-order valence-electron chi connectivity index (χ0n) is 21.0. The minimum atomic E-state index is -0.944. The molecule has 2 saturated heterocycles. The van der Waals surface area contributed by atoms with E-state index in [4.69, 9.17) is 15.9 Å². The second-order valence-electron chi connectivity index (χ2n) is 11.3. The van der Waals surface area contributed by atoms with Crippen molar-refractivity contribution in [3.63, 3.8) is 0 Å². The summed E-state index contributed by atoms with van der Waals surface area (Å²) in [6.07, 6.45) is 8.97. The van der Waals surface area contributed by atoms with Gasteiger partial charge in [0.05, 0.1) is 24.1 Å². The van der Waals surface area contributed by atoms with Crippen molar-refractivity contribution in [1.29, 1.82) is 5.41 Å². The molecule has 3 fully saturated rings. The molecular weight excluding hydrogens is 434 g/mol. The summed E-state index contributed by atoms with van der Waals surface area (Å²) in [6.45, 7) is 7.14. The van der Waals surface area contributed by atoms with Crippen LogP contribution >= 0.6 is 0 Å². The number of carboxylic acid groups (broad SMARTS) is 1. The van der Waals surface area contributed by atoms with Crippen LogP contribution in [0.1, 0.15) is 84.5 Å². The van der Waals surface area contributed by atoms with Gasteiger partial charge in [0, 0.05) is 25.7 Å². The van der Waals surface area contributed by atoms with Gasteiger partial charge in [0.2, 0.25) is 0 Å². The summed E-state index contributed by atoms with van der Waals surface area (Å²) >= 11 is 0. The van der Waals surface area contributed by atoms with E-state index >= 15 is 0 Å². The zero-order valence-corrected chi connectivity index (χ0v) is 21.0. The van der Waals surface area contributed by atoms with Crippen molar-refractivity contribution in [1.82, 2.24) is 15.5 Å². The number of rotatable bonds is 10. The molecule has 3 aliphatic rings. The first kappa shape index (κ1) is 26.9. The highest BCUT2D eigenvalue weighted by atomic mass is 16.5. The van der Waals surface area contributed by atoms with E-state index in [0.29, 0.717) is 32.5 Å². The van der Waals surface area contributed by atoms with Crippen LogP contribution in [0.5, 0.6) is 0 Å². The Balaban J connectivity index is 1.63. The molecule has 1 aliphatic carbocycles. The monoisotopic (exact) mass is 479 g/mol. The van der Waals surface area contributed by atoms with E-state index in [9.17, 15) is 14.7 Å². The third-order valence-corrected chi connectivity index (χ3v) is 7.97. The van der Waals surface area contributed by atoms with Crippen molar-refractivity contribution in [2.24, 2.45) is 11.1 Å². The van der Waals surface area contributed by atoms with Crippen molar-refractivity contribution in [3.8, 4) is 0 Å². The highest BCUT2D eigenvalue weighted by Crippen LogP contribution is 2.36. The molecule has 194 valence electrons. The van der Waals surface area contributed by atoms with Gasteiger partial charge in [-0.25, -0.2) is 0 Å². The first-order valence-electron chi connectivity index (χ1n) is 13.1. The van der Waals surface area contributed by atoms with Crippen LogP contribution in [0.4, 0.5) is 0 Å². The summed E-state index contributed by atoms with van der Waals surface area (Å²) < 4.78 is 6.16. The first-order chi connectivity index (χ1) is 16.1. The minimum absolute atomic E-state index is 0.0204. The van der Waals surface area contributed by atoms with Gasteiger partial charge in [0.1, 0.15) is 0 Å². The molecule has 6 N–H and O–H groups in total. The van der Waals surface area contributed by atoms with Gasteiger partial charge in [-0.05, 0) is 69.7 Å². The average Bonchev–Trinajstić information content (AvgIpc) is 2.78. The number of carbonyl (C=O) groups is 2. The highest BCUT2D eigenvalue weighted by molar-refractivity contribution is 5.95. The molecule has 9 heteroatoms. The fourth-order valence-corrected chi connectivity index (χ4v) is 6.04. The molecule has 0 aromatic rings. The molecule has 0 aromatic carbocycles. The van der Waals surface area contributed by atoms with Gasteiger partial charge in [-0.2, -0.15) is 0 Å². The predicted molar refractivity (Wildman–Crippen MR) is 132 cm³/mol. The van der Waals surface area contributed by atoms with E-state index < -0.39 is 17.6 Å². The standard InChI is InChI=1S/C25H45N5O4/c1-24(2)9-5-6-18(17-24)29-20(16-21(31)32)22(33)25(10-3-4-12-28-25)11-15-34-19-7-13-30(14-8-19)23(26)27/h18-20,28-29H,3-17H2,1-2H3,(H3,26,27)(H,31,32)/t18?,20-,25?/m0/s1. The lowest BCUT2D eigenvalue weighted by atomic mass is 9.74. The van der Waals surface area contributed by atoms with Gasteiger partial charge in [-0.3, -0.25) is 15.0 Å². The van der Waals surface area contributed by atoms with Gasteiger partial charge >= 0.3 is 5.97 Å². The van der Waals surface area contributed by atoms with Crippen LogP contribution in [0.2, 0.25) is 0 Å². The lowest BCUT2D eigenvalue weighted by Crippen LogP contribution is -2.62. The van der Waals surface area contributed by atoms with Crippen LogP contribution < -0.4 is 16.4 Å². The molecule has 2 aliphatic heterocycles. The lowest BCUT2D eigenvalue weighted by molar-refractivity contribution is -0.141. The van der Waals surface area contributed by atoms with Crippen LogP contribution in [0, 0.1) is 10.8 Å². The third-order valence-electron chi connectivity index (χ3n) is 7.97. The summed E-state index contributed by atoms with van der Waals surface area (Å²) in [6, 6.07) is -0.527. The summed E-state index contributed by atoms with van der Waals surface area (Å²) in [5.74, 6) is -0.860. The maximum atomic E-state index is 13.9. The molecule has 1 saturated carbocycles. The fraction of sp³-hybridized carbons (Fsp3) is 0.880. The number of carbonyl (C=O) groups excluding carboxylic acids is 1. The smallest absolute Gasteiger partial charge is 0.305 e. The second-order valence-corrected chi connectivity index (χ2v) is 11.3. The van der Waals surface area contributed by atoms with Crippen LogP contribution in [0.15, 0.2) is 0 Å². The summed E-state index contributed by atoms with van der Waals surface area (Å²) in [5.41, 5.74) is 5.05. The number of piperidine rings is 2. The molecule has 0 amide bonds. The molecule has 0 spiro atoms. The predicted octanol–water partition coefficient (Wildman–Crippen LogP) is 2.23. The number of nitrogens with zero attached hydrogens (tertiary/aromatic N) is 1. The zero-order chi connectivity index (χ0) is 24.8. The third kappa shape index (κ3) is 7.39. The van der Waals surface area contributed by atoms with Gasteiger partial charge < -0.3 is 31.1 Å². The van der Waals surface area contributed by atoms with Crippen LogP contribution in [0.3, 0.4) is 0 Å². The number of nitrogens with two attached hydrogens (primary N) is 1. The molecule has 9 nitrogen and oxygen atoms in total. The number of ether oxygens (including phenoxy) is 1. The van der Waals surface area contributed by atoms with E-state index in [0.717, 1.165) is 57.9 Å². The Morgan fingerprint density at radius 3 is 2.53 bits per heavy atom. The second kappa shape index (κ2) is 11.8. The Morgan fingerprint density at radius 1 is 1.21 bits per heavy atom. The number of likely N-dealkylation sites (tertiary alicyclic amines) is 1. The number of ketones is 1. The summed E-state index contributed by atoms with van der Waals surface area (Å²) in [4.78, 5) is 27.5. The first-order valence-corrected chi connectivity index (χ1v) is 13.1. The number of nitrogens with one attached hydrogen (secondary N) is 3. The summed E-state index contributed by atoms with van der Waals surface area (Å²) in [7, 11) is 0. The number of guanidine groups is 1. The van der Waals surface area contributed by atoms with Gasteiger partial charge in [0.25, 0.3) is 0 Å². The van der Waals surface area contributed by atoms with Crippen molar-refractivity contribution in [2.45, 2.75) is 108 Å². The van der Waals surface area contributed by atoms with E-state index in [1.807, 2.05) is 4.90 Å². The van der Waals surface area contributed by atoms with Crippen molar-refractivity contribution in [3.05, 3.63) is 0 Å².